The van der Waals surface area contributed by atoms with Crippen molar-refractivity contribution in [3.05, 3.63) is 83.2 Å². The van der Waals surface area contributed by atoms with Crippen molar-refractivity contribution in [2.24, 2.45) is 0 Å². The van der Waals surface area contributed by atoms with E-state index in [4.69, 9.17) is 18.9 Å². The molecule has 0 unspecified atom stereocenters. The molecule has 10 nitrogen and oxygen atoms in total. The fourth-order valence-corrected chi connectivity index (χ4v) is 4.45. The quantitative estimate of drug-likeness (QED) is 0.280. The number of nitrogens with zero attached hydrogens (tertiary/aromatic N) is 3. The molecule has 0 aliphatic carbocycles. The van der Waals surface area contributed by atoms with Crippen LogP contribution in [0.2, 0.25) is 0 Å². The van der Waals surface area contributed by atoms with Crippen LogP contribution in [-0.2, 0) is 17.9 Å². The molecule has 1 saturated heterocycles. The number of rotatable bonds is 8. The lowest BCUT2D eigenvalue weighted by Gasteiger charge is -2.26. The number of imidazole rings is 1. The number of ether oxygens (including phenoxy) is 2. The van der Waals surface area contributed by atoms with Crippen LogP contribution >= 0.6 is 0 Å². The van der Waals surface area contributed by atoms with Gasteiger partial charge in [0.15, 0.2) is 5.82 Å². The number of hydrogen-bond acceptors (Lipinski definition) is 7. The number of carbonyl (C=O) groups excluding carboxylic acids is 1. The molecule has 5 aromatic rings. The van der Waals surface area contributed by atoms with Crippen LogP contribution in [-0.4, -0.2) is 57.3 Å². The number of aryl methyl sites for hydroxylation is 1. The maximum atomic E-state index is 13.1. The lowest BCUT2D eigenvalue weighted by molar-refractivity contribution is 0.0342. The number of carbonyl (C=O) groups is 1. The van der Waals surface area contributed by atoms with Gasteiger partial charge in [-0.25, -0.2) is 4.98 Å². The van der Waals surface area contributed by atoms with E-state index in [-0.39, 0.29) is 18.5 Å². The van der Waals surface area contributed by atoms with Crippen molar-refractivity contribution >= 4 is 22.6 Å². The van der Waals surface area contributed by atoms with E-state index in [1.54, 1.807) is 12.3 Å². The highest BCUT2D eigenvalue weighted by atomic mass is 16.6. The molecule has 0 spiro atoms. The maximum Gasteiger partial charge on any atom is 0.297 e. The van der Waals surface area contributed by atoms with Crippen LogP contribution < -0.4 is 10.1 Å². The van der Waals surface area contributed by atoms with Gasteiger partial charge in [-0.3, -0.25) is 14.8 Å². The van der Waals surface area contributed by atoms with Gasteiger partial charge in [0, 0.05) is 19.6 Å². The number of H-pyrrole nitrogens is 2. The number of amides is 1. The second-order valence-electron chi connectivity index (χ2n) is 9.33. The van der Waals surface area contributed by atoms with Gasteiger partial charge in [-0.1, -0.05) is 35.9 Å². The second kappa shape index (κ2) is 10.5. The van der Waals surface area contributed by atoms with Crippen LogP contribution in [0.15, 0.2) is 65.4 Å². The van der Waals surface area contributed by atoms with Gasteiger partial charge in [-0.2, -0.15) is 5.10 Å². The van der Waals surface area contributed by atoms with Gasteiger partial charge in [0.1, 0.15) is 17.9 Å². The first-order chi connectivity index (χ1) is 18.6. The number of anilines is 1. The minimum atomic E-state index is -0.371. The van der Waals surface area contributed by atoms with E-state index >= 15 is 0 Å². The molecule has 0 atom stereocenters. The summed E-state index contributed by atoms with van der Waals surface area (Å²) in [5.41, 5.74) is 6.46. The Bertz CT molecular complexity index is 1550. The van der Waals surface area contributed by atoms with Gasteiger partial charge in [-0.15, -0.1) is 0 Å². The second-order valence-corrected chi connectivity index (χ2v) is 9.33. The molecule has 1 amide bonds. The van der Waals surface area contributed by atoms with Gasteiger partial charge in [0.05, 0.1) is 42.4 Å². The van der Waals surface area contributed by atoms with Gasteiger partial charge in [0.2, 0.25) is 0 Å². The van der Waals surface area contributed by atoms with Crippen molar-refractivity contribution in [1.82, 2.24) is 25.1 Å². The van der Waals surface area contributed by atoms with Crippen molar-refractivity contribution in [2.75, 3.05) is 31.6 Å². The maximum absolute atomic E-state index is 13.1. The largest absolute Gasteiger partial charge is 0.460 e. The minimum Gasteiger partial charge on any atom is -0.460 e. The number of furan rings is 1. The zero-order chi connectivity index (χ0) is 25.9. The molecule has 3 aromatic heterocycles. The van der Waals surface area contributed by atoms with Crippen molar-refractivity contribution in [1.29, 1.82) is 0 Å². The summed E-state index contributed by atoms with van der Waals surface area (Å²) in [6.45, 7) is 6.57. The van der Waals surface area contributed by atoms with Gasteiger partial charge in [0.25, 0.3) is 11.9 Å². The third-order valence-electron chi connectivity index (χ3n) is 6.55. The number of aromatic amines is 2. The van der Waals surface area contributed by atoms with E-state index in [1.807, 2.05) is 37.3 Å². The summed E-state index contributed by atoms with van der Waals surface area (Å²) in [6.07, 6.45) is 2.99. The molecule has 38 heavy (non-hydrogen) atoms. The van der Waals surface area contributed by atoms with E-state index in [0.29, 0.717) is 22.8 Å². The summed E-state index contributed by atoms with van der Waals surface area (Å²) in [4.78, 5) is 23.5. The summed E-state index contributed by atoms with van der Waals surface area (Å²) in [6, 6.07) is 15.8. The number of morpholine rings is 1. The van der Waals surface area contributed by atoms with E-state index < -0.39 is 0 Å². The summed E-state index contributed by atoms with van der Waals surface area (Å²) in [5.74, 6) is 0.369. The Hall–Kier alpha value is -4.41. The standard InChI is InChI=1S/C28H28N6O4/c1-18-2-4-19(5-3-18)17-38-28-21(8-11-37-28)27(35)32-24-15-29-33-25(24)26-30-22-7-6-20(14-23(22)31-26)16-34-9-12-36-13-10-34/h2-8,11,14-15H,9-10,12-13,16-17H2,1H3,(H,29,33)(H,30,31)(H,32,35). The molecule has 3 N–H and O–H groups in total. The molecular formula is C28H28N6O4. The zero-order valence-electron chi connectivity index (χ0n) is 21.0. The summed E-state index contributed by atoms with van der Waals surface area (Å²) in [5, 5.41) is 9.97. The molecule has 1 fully saturated rings. The first-order valence-corrected chi connectivity index (χ1v) is 12.5. The number of fused-ring (bicyclic) bond motifs is 1. The molecule has 6 rings (SSSR count). The number of hydrogen-bond donors (Lipinski definition) is 3. The molecule has 4 heterocycles. The molecule has 0 saturated carbocycles. The molecule has 0 radical (unpaired) electrons. The Labute approximate surface area is 219 Å². The Balaban J connectivity index is 1.16. The van der Waals surface area contributed by atoms with Gasteiger partial charge >= 0.3 is 0 Å². The molecule has 194 valence electrons. The Kier molecular flexibility index (Phi) is 6.63. The summed E-state index contributed by atoms with van der Waals surface area (Å²) in [7, 11) is 0. The normalized spacial score (nSPS) is 14.1. The Morgan fingerprint density at radius 2 is 1.92 bits per heavy atom. The zero-order valence-corrected chi connectivity index (χ0v) is 21.0. The highest BCUT2D eigenvalue weighted by Crippen LogP contribution is 2.28. The van der Waals surface area contributed by atoms with Crippen LogP contribution in [0.1, 0.15) is 27.0 Å². The minimum absolute atomic E-state index is 0.157. The molecule has 10 heteroatoms. The average molecular weight is 513 g/mol. The Morgan fingerprint density at radius 3 is 2.76 bits per heavy atom. The smallest absolute Gasteiger partial charge is 0.297 e. The van der Waals surface area contributed by atoms with Gasteiger partial charge in [-0.05, 0) is 36.2 Å². The topological polar surface area (TPSA) is 121 Å². The first-order valence-electron chi connectivity index (χ1n) is 12.5. The monoisotopic (exact) mass is 512 g/mol. The highest BCUT2D eigenvalue weighted by Gasteiger charge is 2.20. The third-order valence-corrected chi connectivity index (χ3v) is 6.55. The number of benzene rings is 2. The Morgan fingerprint density at radius 1 is 1.11 bits per heavy atom. The lowest BCUT2D eigenvalue weighted by atomic mass is 10.2. The lowest BCUT2D eigenvalue weighted by Crippen LogP contribution is -2.35. The van der Waals surface area contributed by atoms with Crippen LogP contribution in [0.3, 0.4) is 0 Å². The van der Waals surface area contributed by atoms with E-state index in [9.17, 15) is 4.79 Å². The third kappa shape index (κ3) is 5.17. The van der Waals surface area contributed by atoms with Crippen molar-refractivity contribution in [2.45, 2.75) is 20.1 Å². The van der Waals surface area contributed by atoms with Crippen LogP contribution in [0, 0.1) is 6.92 Å². The van der Waals surface area contributed by atoms with Crippen LogP contribution in [0.25, 0.3) is 22.6 Å². The molecule has 1 aliphatic heterocycles. The van der Waals surface area contributed by atoms with E-state index in [1.165, 1.54) is 17.4 Å². The number of nitrogens with one attached hydrogen (secondary N) is 3. The molecule has 2 aromatic carbocycles. The molecule has 0 bridgehead atoms. The fraction of sp³-hybridized carbons (Fsp3) is 0.250. The predicted octanol–water partition coefficient (Wildman–Crippen LogP) is 4.52. The predicted molar refractivity (Wildman–Crippen MR) is 142 cm³/mol. The van der Waals surface area contributed by atoms with Crippen LogP contribution in [0.5, 0.6) is 5.95 Å². The average Bonchev–Trinajstić information content (AvgIpc) is 3.68. The number of aromatic nitrogens is 4. The van der Waals surface area contributed by atoms with Crippen LogP contribution in [0.4, 0.5) is 5.69 Å². The van der Waals surface area contributed by atoms with Crippen molar-refractivity contribution < 1.29 is 18.7 Å². The summed E-state index contributed by atoms with van der Waals surface area (Å²) < 4.78 is 16.7. The van der Waals surface area contributed by atoms with Crippen molar-refractivity contribution in [3.8, 4) is 17.5 Å². The molecular weight excluding hydrogens is 484 g/mol. The SMILES string of the molecule is Cc1ccc(COc2occc2C(=O)Nc2cn[nH]c2-c2nc3ccc(CN4CCOCC4)cc3[nH]2)cc1. The molecule has 1 aliphatic rings. The van der Waals surface area contributed by atoms with E-state index in [2.05, 4.69) is 37.5 Å². The summed E-state index contributed by atoms with van der Waals surface area (Å²) >= 11 is 0. The van der Waals surface area contributed by atoms with Gasteiger partial charge < -0.3 is 24.2 Å². The van der Waals surface area contributed by atoms with Crippen molar-refractivity contribution in [3.63, 3.8) is 0 Å². The fourth-order valence-electron chi connectivity index (χ4n) is 4.45. The van der Waals surface area contributed by atoms with E-state index in [0.717, 1.165) is 49.4 Å². The highest BCUT2D eigenvalue weighted by molar-refractivity contribution is 6.07. The first kappa shape index (κ1) is 24.0.